The molecule has 0 aromatic heterocycles. The number of carbonyl (C=O) groups is 1. The quantitative estimate of drug-likeness (QED) is 0.733. The first-order valence-electron chi connectivity index (χ1n) is 8.04. The van der Waals surface area contributed by atoms with E-state index in [4.69, 9.17) is 0 Å². The van der Waals surface area contributed by atoms with Gasteiger partial charge < -0.3 is 10.2 Å². The van der Waals surface area contributed by atoms with Crippen LogP contribution in [0.25, 0.3) is 0 Å². The summed E-state index contributed by atoms with van der Waals surface area (Å²) in [6, 6.07) is 9.44. The first-order valence-corrected chi connectivity index (χ1v) is 8.04. The summed E-state index contributed by atoms with van der Waals surface area (Å²) in [6.07, 6.45) is 4.80. The number of hydrogen-bond acceptors (Lipinski definition) is 2. The van der Waals surface area contributed by atoms with Gasteiger partial charge in [-0.05, 0) is 44.7 Å². The van der Waals surface area contributed by atoms with Crippen LogP contribution in [0.4, 0.5) is 5.69 Å². The van der Waals surface area contributed by atoms with Crippen LogP contribution >= 0.6 is 0 Å². The van der Waals surface area contributed by atoms with Crippen molar-refractivity contribution in [2.45, 2.75) is 53.5 Å². The van der Waals surface area contributed by atoms with Crippen molar-refractivity contribution in [3.8, 4) is 0 Å². The fourth-order valence-corrected chi connectivity index (χ4v) is 3.02. The molecule has 0 saturated heterocycles. The third kappa shape index (κ3) is 5.93. The van der Waals surface area contributed by atoms with E-state index in [2.05, 4.69) is 46.5 Å². The molecule has 3 heteroatoms. The molecule has 0 radical (unpaired) electrons. The maximum atomic E-state index is 12.6. The Morgan fingerprint density at radius 3 is 2.22 bits per heavy atom. The van der Waals surface area contributed by atoms with E-state index < -0.39 is 0 Å². The Hall–Kier alpha value is -2.03. The number of carbonyl (C=O) groups excluding carboxylic acids is 1. The molecular formula is C20H30N2O. The van der Waals surface area contributed by atoms with Gasteiger partial charge in [0.2, 0.25) is 0 Å². The normalized spacial score (nSPS) is 12.3. The van der Waals surface area contributed by atoms with E-state index in [9.17, 15) is 4.79 Å². The lowest BCUT2D eigenvalue weighted by Crippen LogP contribution is -2.44. The van der Waals surface area contributed by atoms with Crippen LogP contribution in [0.1, 0.15) is 48.0 Å². The highest BCUT2D eigenvalue weighted by molar-refractivity contribution is 6.03. The highest BCUT2D eigenvalue weighted by atomic mass is 16.2. The van der Waals surface area contributed by atoms with Crippen molar-refractivity contribution in [1.29, 1.82) is 0 Å². The first-order chi connectivity index (χ1) is 10.6. The fourth-order valence-electron chi connectivity index (χ4n) is 3.02. The van der Waals surface area contributed by atoms with Gasteiger partial charge in [0.25, 0.3) is 5.91 Å². The minimum absolute atomic E-state index is 0.152. The van der Waals surface area contributed by atoms with E-state index in [-0.39, 0.29) is 16.9 Å². The summed E-state index contributed by atoms with van der Waals surface area (Å²) < 4.78 is 0. The van der Waals surface area contributed by atoms with Gasteiger partial charge in [-0.3, -0.25) is 4.79 Å². The second-order valence-corrected chi connectivity index (χ2v) is 7.67. The van der Waals surface area contributed by atoms with E-state index in [1.807, 2.05) is 54.4 Å². The number of allylic oxidation sites excluding steroid dienone is 1. The number of nitrogens with one attached hydrogen (secondary N) is 1. The highest BCUT2D eigenvalue weighted by Crippen LogP contribution is 2.33. The molecule has 3 nitrogen and oxygen atoms in total. The molecule has 23 heavy (non-hydrogen) atoms. The smallest absolute Gasteiger partial charge is 0.271 e. The summed E-state index contributed by atoms with van der Waals surface area (Å²) in [7, 11) is 0. The summed E-state index contributed by atoms with van der Waals surface area (Å²) in [6.45, 7) is 16.9. The third-order valence-electron chi connectivity index (χ3n) is 3.50. The van der Waals surface area contributed by atoms with Gasteiger partial charge in [0.15, 0.2) is 0 Å². The summed E-state index contributed by atoms with van der Waals surface area (Å²) in [5, 5.41) is 2.90. The lowest BCUT2D eigenvalue weighted by Gasteiger charge is -2.42. The Balaban J connectivity index is 2.96. The highest BCUT2D eigenvalue weighted by Gasteiger charge is 2.33. The van der Waals surface area contributed by atoms with Crippen LogP contribution in [0, 0.1) is 5.41 Å². The molecule has 0 unspecified atom stereocenters. The van der Waals surface area contributed by atoms with Gasteiger partial charge in [0, 0.05) is 17.4 Å². The monoisotopic (exact) mass is 314 g/mol. The first kappa shape index (κ1) is 19.0. The average Bonchev–Trinajstić information content (AvgIpc) is 2.42. The minimum atomic E-state index is -0.212. The van der Waals surface area contributed by atoms with E-state index >= 15 is 0 Å². The summed E-state index contributed by atoms with van der Waals surface area (Å²) in [4.78, 5) is 14.5. The molecule has 0 heterocycles. The molecule has 0 spiro atoms. The summed E-state index contributed by atoms with van der Waals surface area (Å²) in [5.41, 5.74) is 1.16. The van der Waals surface area contributed by atoms with E-state index in [0.717, 1.165) is 12.1 Å². The molecule has 0 aliphatic carbocycles. The zero-order valence-electron chi connectivity index (χ0n) is 15.3. The molecule has 0 fully saturated rings. The van der Waals surface area contributed by atoms with Gasteiger partial charge in [-0.1, -0.05) is 51.6 Å². The fraction of sp³-hybridized carbons (Fsp3) is 0.450. The molecule has 1 amide bonds. The zero-order chi connectivity index (χ0) is 17.7. The van der Waals surface area contributed by atoms with Gasteiger partial charge in [0.05, 0.1) is 0 Å². The summed E-state index contributed by atoms with van der Waals surface area (Å²) >= 11 is 0. The largest absolute Gasteiger partial charge is 0.339 e. The van der Waals surface area contributed by atoms with Crippen LogP contribution in [0.5, 0.6) is 0 Å². The minimum Gasteiger partial charge on any atom is -0.339 e. The Kier molecular flexibility index (Phi) is 6.20. The van der Waals surface area contributed by atoms with Crippen LogP contribution < -0.4 is 5.32 Å². The van der Waals surface area contributed by atoms with E-state index in [1.165, 1.54) is 0 Å². The third-order valence-corrected chi connectivity index (χ3v) is 3.50. The number of nitrogens with zero attached hydrogens (tertiary/aromatic N) is 1. The van der Waals surface area contributed by atoms with E-state index in [0.29, 0.717) is 5.70 Å². The molecule has 0 bridgehead atoms. The molecule has 126 valence electrons. The van der Waals surface area contributed by atoms with Crippen molar-refractivity contribution in [1.82, 2.24) is 4.90 Å². The molecule has 1 N–H and O–H groups in total. The second-order valence-electron chi connectivity index (χ2n) is 7.67. The topological polar surface area (TPSA) is 32.3 Å². The van der Waals surface area contributed by atoms with E-state index in [1.54, 1.807) is 0 Å². The van der Waals surface area contributed by atoms with Crippen LogP contribution in [0.2, 0.25) is 0 Å². The number of amides is 1. The molecular weight excluding hydrogens is 284 g/mol. The Bertz CT molecular complexity index is 565. The van der Waals surface area contributed by atoms with Crippen molar-refractivity contribution < 1.29 is 4.79 Å². The number of benzene rings is 1. The van der Waals surface area contributed by atoms with Crippen LogP contribution in [-0.4, -0.2) is 16.3 Å². The van der Waals surface area contributed by atoms with Crippen molar-refractivity contribution >= 4 is 11.6 Å². The van der Waals surface area contributed by atoms with Crippen LogP contribution in [-0.2, 0) is 4.79 Å². The van der Waals surface area contributed by atoms with Crippen molar-refractivity contribution in [2.75, 3.05) is 5.32 Å². The van der Waals surface area contributed by atoms with Gasteiger partial charge >= 0.3 is 0 Å². The molecule has 0 aliphatic heterocycles. The van der Waals surface area contributed by atoms with Crippen LogP contribution in [0.15, 0.2) is 54.9 Å². The van der Waals surface area contributed by atoms with Crippen molar-refractivity contribution in [3.05, 3.63) is 54.9 Å². The lowest BCUT2D eigenvalue weighted by molar-refractivity contribution is -0.114. The number of para-hydroxylation sites is 1. The number of hydrogen-bond donors (Lipinski definition) is 1. The zero-order valence-corrected chi connectivity index (χ0v) is 15.3. The molecule has 0 saturated carbocycles. The number of anilines is 1. The Morgan fingerprint density at radius 1 is 1.17 bits per heavy atom. The molecule has 1 aromatic rings. The lowest BCUT2D eigenvalue weighted by atomic mass is 9.80. The SMILES string of the molecule is C=C(C(=O)Nc1ccccc1)N(/C=C\C)C(C)(C)CC(C)(C)C. The predicted molar refractivity (Wildman–Crippen MR) is 99.0 cm³/mol. The molecule has 0 aliphatic rings. The Morgan fingerprint density at radius 2 is 1.74 bits per heavy atom. The van der Waals surface area contributed by atoms with Gasteiger partial charge in [-0.2, -0.15) is 0 Å². The maximum absolute atomic E-state index is 12.6. The predicted octanol–water partition coefficient (Wildman–Crippen LogP) is 5.19. The maximum Gasteiger partial charge on any atom is 0.271 e. The van der Waals surface area contributed by atoms with Gasteiger partial charge in [0.1, 0.15) is 5.70 Å². The van der Waals surface area contributed by atoms with Gasteiger partial charge in [-0.25, -0.2) is 0 Å². The molecule has 1 rings (SSSR count). The molecule has 0 atom stereocenters. The summed E-state index contributed by atoms with van der Waals surface area (Å²) in [5.74, 6) is -0.184. The Labute approximate surface area is 141 Å². The van der Waals surface area contributed by atoms with Crippen molar-refractivity contribution in [3.63, 3.8) is 0 Å². The second kappa shape index (κ2) is 7.49. The van der Waals surface area contributed by atoms with Gasteiger partial charge in [-0.15, -0.1) is 0 Å². The van der Waals surface area contributed by atoms with Crippen molar-refractivity contribution in [2.24, 2.45) is 5.41 Å². The average molecular weight is 314 g/mol. The molecule has 1 aromatic carbocycles. The number of rotatable bonds is 6. The van der Waals surface area contributed by atoms with Crippen LogP contribution in [0.3, 0.4) is 0 Å². The standard InChI is InChI=1S/C20H30N2O/c1-8-14-22(20(6,7)15-19(3,4)5)16(2)18(23)21-17-12-10-9-11-13-17/h8-14H,2,15H2,1,3-7H3,(H,21,23)/b14-8-.